The molecule has 0 bridgehead atoms. The maximum absolute atomic E-state index is 13.3. The Hall–Kier alpha value is -2.87. The van der Waals surface area contributed by atoms with Gasteiger partial charge in [-0.15, -0.1) is 0 Å². The number of nitrogens with zero attached hydrogens (tertiary/aromatic N) is 2. The maximum atomic E-state index is 13.3. The van der Waals surface area contributed by atoms with Crippen molar-refractivity contribution in [2.75, 3.05) is 30.7 Å². The predicted octanol–water partition coefficient (Wildman–Crippen LogP) is 2.05. The van der Waals surface area contributed by atoms with Gasteiger partial charge in [0.25, 0.3) is 0 Å². The van der Waals surface area contributed by atoms with Gasteiger partial charge in [0.2, 0.25) is 21.8 Å². The number of carbonyl (C=O) groups excluding carboxylic acids is 2. The first-order chi connectivity index (χ1) is 14.3. The molecule has 1 atom stereocenters. The molecule has 0 heterocycles. The highest BCUT2D eigenvalue weighted by molar-refractivity contribution is 7.92. The van der Waals surface area contributed by atoms with Crippen LogP contribution in [0.3, 0.4) is 0 Å². The molecule has 30 heavy (non-hydrogen) atoms. The number of benzene rings is 2. The van der Waals surface area contributed by atoms with Crippen molar-refractivity contribution in [3.05, 3.63) is 66.2 Å². The maximum Gasteiger partial charge on any atom is 0.244 e. The van der Waals surface area contributed by atoms with Crippen LogP contribution in [0.5, 0.6) is 0 Å². The van der Waals surface area contributed by atoms with Crippen molar-refractivity contribution in [1.29, 1.82) is 0 Å². The molecule has 2 aromatic rings. The number of para-hydroxylation sites is 1. The van der Waals surface area contributed by atoms with Gasteiger partial charge >= 0.3 is 0 Å². The van der Waals surface area contributed by atoms with Gasteiger partial charge in [-0.3, -0.25) is 13.9 Å². The van der Waals surface area contributed by atoms with Gasteiger partial charge in [-0.1, -0.05) is 55.5 Å². The minimum absolute atomic E-state index is 0.274. The molecule has 162 valence electrons. The SMILES string of the molecule is CC[C@@H](C(=O)NC)N(CCc1ccccc1)C(=O)CN(c1ccccc1)S(C)(=O)=O. The fourth-order valence-corrected chi connectivity index (χ4v) is 4.12. The normalized spacial score (nSPS) is 12.1. The predicted molar refractivity (Wildman–Crippen MR) is 119 cm³/mol. The summed E-state index contributed by atoms with van der Waals surface area (Å²) in [5, 5.41) is 2.60. The summed E-state index contributed by atoms with van der Waals surface area (Å²) in [6, 6.07) is 17.4. The van der Waals surface area contributed by atoms with Crippen LogP contribution in [0.4, 0.5) is 5.69 Å². The molecular weight excluding hydrogens is 402 g/mol. The summed E-state index contributed by atoms with van der Waals surface area (Å²) in [5.41, 5.74) is 1.44. The Balaban J connectivity index is 2.30. The minimum atomic E-state index is -3.69. The molecule has 2 rings (SSSR count). The molecule has 0 radical (unpaired) electrons. The van der Waals surface area contributed by atoms with E-state index in [4.69, 9.17) is 0 Å². The molecule has 0 aliphatic rings. The van der Waals surface area contributed by atoms with Crippen molar-refractivity contribution < 1.29 is 18.0 Å². The number of likely N-dealkylation sites (N-methyl/N-ethyl adjacent to an activating group) is 1. The zero-order valence-corrected chi connectivity index (χ0v) is 18.4. The molecule has 0 aliphatic carbocycles. The van der Waals surface area contributed by atoms with E-state index in [1.807, 2.05) is 37.3 Å². The zero-order chi connectivity index (χ0) is 22.1. The molecule has 0 saturated heterocycles. The second-order valence-electron chi connectivity index (χ2n) is 6.97. The summed E-state index contributed by atoms with van der Waals surface area (Å²) in [6.07, 6.45) is 2.05. The van der Waals surface area contributed by atoms with Crippen LogP contribution in [-0.4, -0.2) is 57.6 Å². The van der Waals surface area contributed by atoms with E-state index in [1.165, 1.54) is 11.9 Å². The lowest BCUT2D eigenvalue weighted by atomic mass is 10.1. The molecular formula is C22H29N3O4S. The number of amides is 2. The lowest BCUT2D eigenvalue weighted by Gasteiger charge is -2.32. The van der Waals surface area contributed by atoms with Crippen LogP contribution in [0, 0.1) is 0 Å². The van der Waals surface area contributed by atoms with Crippen LogP contribution in [0.25, 0.3) is 0 Å². The molecule has 0 aliphatic heterocycles. The van der Waals surface area contributed by atoms with E-state index in [1.54, 1.807) is 30.3 Å². The Morgan fingerprint density at radius 3 is 2.07 bits per heavy atom. The van der Waals surface area contributed by atoms with E-state index in [0.717, 1.165) is 16.1 Å². The van der Waals surface area contributed by atoms with Crippen LogP contribution in [0.2, 0.25) is 0 Å². The van der Waals surface area contributed by atoms with Crippen molar-refractivity contribution in [2.24, 2.45) is 0 Å². The Morgan fingerprint density at radius 1 is 1.00 bits per heavy atom. The highest BCUT2D eigenvalue weighted by Gasteiger charge is 2.30. The number of nitrogens with one attached hydrogen (secondary N) is 1. The quantitative estimate of drug-likeness (QED) is 0.624. The van der Waals surface area contributed by atoms with Crippen LogP contribution >= 0.6 is 0 Å². The Morgan fingerprint density at radius 2 is 1.57 bits per heavy atom. The van der Waals surface area contributed by atoms with Gasteiger partial charge in [-0.2, -0.15) is 0 Å². The Labute approximate surface area is 178 Å². The summed E-state index contributed by atoms with van der Waals surface area (Å²) in [5.74, 6) is -0.694. The highest BCUT2D eigenvalue weighted by atomic mass is 32.2. The van der Waals surface area contributed by atoms with Crippen LogP contribution in [0.15, 0.2) is 60.7 Å². The number of hydrogen-bond acceptors (Lipinski definition) is 4. The van der Waals surface area contributed by atoms with E-state index in [2.05, 4.69) is 5.32 Å². The zero-order valence-electron chi connectivity index (χ0n) is 17.6. The van der Waals surface area contributed by atoms with E-state index in [9.17, 15) is 18.0 Å². The summed E-state index contributed by atoms with van der Waals surface area (Å²) < 4.78 is 25.8. The second kappa shape index (κ2) is 10.8. The fraction of sp³-hybridized carbons (Fsp3) is 0.364. The van der Waals surface area contributed by atoms with Gasteiger partial charge in [-0.05, 0) is 30.5 Å². The lowest BCUT2D eigenvalue weighted by molar-refractivity contribution is -0.139. The molecule has 1 N–H and O–H groups in total. The monoisotopic (exact) mass is 431 g/mol. The number of carbonyl (C=O) groups is 2. The Kier molecular flexibility index (Phi) is 8.41. The third kappa shape index (κ3) is 6.32. The topological polar surface area (TPSA) is 86.8 Å². The van der Waals surface area contributed by atoms with Crippen molar-refractivity contribution in [2.45, 2.75) is 25.8 Å². The van der Waals surface area contributed by atoms with E-state index in [0.29, 0.717) is 25.1 Å². The van der Waals surface area contributed by atoms with Gasteiger partial charge in [-0.25, -0.2) is 8.42 Å². The van der Waals surface area contributed by atoms with E-state index < -0.39 is 22.0 Å². The fourth-order valence-electron chi connectivity index (χ4n) is 3.27. The average Bonchev–Trinajstić information content (AvgIpc) is 2.74. The molecule has 8 heteroatoms. The standard InChI is InChI=1S/C22H29N3O4S/c1-4-20(22(27)23-2)24(16-15-18-11-7-5-8-12-18)21(26)17-25(30(3,28)29)19-13-9-6-10-14-19/h5-14,20H,4,15-17H2,1-3H3,(H,23,27)/t20-/m0/s1. The van der Waals surface area contributed by atoms with Gasteiger partial charge in [0.1, 0.15) is 12.6 Å². The first kappa shape index (κ1) is 23.4. The number of sulfonamides is 1. The van der Waals surface area contributed by atoms with Crippen molar-refractivity contribution in [3.8, 4) is 0 Å². The molecule has 0 saturated carbocycles. The summed E-state index contributed by atoms with van der Waals surface area (Å²) >= 11 is 0. The number of rotatable bonds is 10. The third-order valence-corrected chi connectivity index (χ3v) is 5.98. The summed E-state index contributed by atoms with van der Waals surface area (Å²) in [4.78, 5) is 27.2. The minimum Gasteiger partial charge on any atom is -0.357 e. The second-order valence-corrected chi connectivity index (χ2v) is 8.87. The lowest BCUT2D eigenvalue weighted by Crippen LogP contribution is -2.52. The van der Waals surface area contributed by atoms with Gasteiger partial charge in [0, 0.05) is 13.6 Å². The molecule has 0 spiro atoms. The van der Waals surface area contributed by atoms with Crippen molar-refractivity contribution >= 4 is 27.5 Å². The smallest absolute Gasteiger partial charge is 0.244 e. The molecule has 2 amide bonds. The number of anilines is 1. The van der Waals surface area contributed by atoms with Crippen LogP contribution in [0.1, 0.15) is 18.9 Å². The van der Waals surface area contributed by atoms with Gasteiger partial charge in [0.05, 0.1) is 11.9 Å². The highest BCUT2D eigenvalue weighted by Crippen LogP contribution is 2.18. The van der Waals surface area contributed by atoms with Gasteiger partial charge in [0.15, 0.2) is 0 Å². The van der Waals surface area contributed by atoms with Crippen molar-refractivity contribution in [1.82, 2.24) is 10.2 Å². The Bertz CT molecular complexity index is 933. The van der Waals surface area contributed by atoms with E-state index >= 15 is 0 Å². The average molecular weight is 432 g/mol. The van der Waals surface area contributed by atoms with Gasteiger partial charge < -0.3 is 10.2 Å². The first-order valence-electron chi connectivity index (χ1n) is 9.85. The van der Waals surface area contributed by atoms with E-state index in [-0.39, 0.29) is 12.5 Å². The van der Waals surface area contributed by atoms with Crippen LogP contribution < -0.4 is 9.62 Å². The van der Waals surface area contributed by atoms with Crippen molar-refractivity contribution in [3.63, 3.8) is 0 Å². The first-order valence-corrected chi connectivity index (χ1v) is 11.7. The molecule has 0 unspecified atom stereocenters. The summed E-state index contributed by atoms with van der Waals surface area (Å²) in [7, 11) is -2.16. The van der Waals surface area contributed by atoms with Crippen LogP contribution in [-0.2, 0) is 26.0 Å². The molecule has 7 nitrogen and oxygen atoms in total. The molecule has 0 fully saturated rings. The summed E-state index contributed by atoms with van der Waals surface area (Å²) in [6.45, 7) is 1.76. The largest absolute Gasteiger partial charge is 0.357 e. The number of hydrogen-bond donors (Lipinski definition) is 1. The molecule has 2 aromatic carbocycles. The molecule has 0 aromatic heterocycles. The third-order valence-electron chi connectivity index (χ3n) is 4.84.